The molecule has 0 spiro atoms. The van der Waals surface area contributed by atoms with Gasteiger partial charge in [-0.25, -0.2) is 9.97 Å². The molecule has 18 heavy (non-hydrogen) atoms. The number of aromatic nitrogens is 2. The van der Waals surface area contributed by atoms with Crippen molar-refractivity contribution in [1.82, 2.24) is 9.97 Å². The monoisotopic (exact) mass is 282 g/mol. The standard InChI is InChI=1S/C13H15ClN2OS/c1-3-10-4-5-12(18-10)11(14)6-9-7-13(17-2)16-8-15-9/h4-5,7-8,11H,3,6H2,1-2H3. The summed E-state index contributed by atoms with van der Waals surface area (Å²) in [6.45, 7) is 2.15. The topological polar surface area (TPSA) is 35.0 Å². The Hall–Kier alpha value is -1.13. The zero-order valence-corrected chi connectivity index (χ0v) is 12.0. The Labute approximate surface area is 116 Å². The maximum absolute atomic E-state index is 6.42. The van der Waals surface area contributed by atoms with Gasteiger partial charge in [0, 0.05) is 27.9 Å². The number of ether oxygens (including phenoxy) is 1. The SMILES string of the molecule is CCc1ccc(C(Cl)Cc2cc(OC)ncn2)s1. The molecule has 2 rings (SSSR count). The second-order valence-electron chi connectivity index (χ2n) is 3.88. The average molecular weight is 283 g/mol. The van der Waals surface area contributed by atoms with Crippen LogP contribution in [0.2, 0.25) is 0 Å². The molecule has 0 saturated heterocycles. The summed E-state index contributed by atoms with van der Waals surface area (Å²) >= 11 is 8.18. The number of nitrogens with zero attached hydrogens (tertiary/aromatic N) is 2. The Morgan fingerprint density at radius 2 is 2.22 bits per heavy atom. The molecule has 2 aromatic heterocycles. The maximum atomic E-state index is 6.42. The van der Waals surface area contributed by atoms with E-state index in [-0.39, 0.29) is 5.38 Å². The van der Waals surface area contributed by atoms with E-state index in [4.69, 9.17) is 16.3 Å². The van der Waals surface area contributed by atoms with Crippen LogP contribution in [0, 0.1) is 0 Å². The molecule has 0 aliphatic carbocycles. The predicted octanol–water partition coefficient (Wildman–Crippen LogP) is 3.63. The number of aryl methyl sites for hydroxylation is 1. The molecule has 0 aliphatic heterocycles. The minimum absolute atomic E-state index is 0.0464. The molecule has 96 valence electrons. The summed E-state index contributed by atoms with van der Waals surface area (Å²) in [5, 5.41) is -0.0464. The quantitative estimate of drug-likeness (QED) is 0.786. The normalized spacial score (nSPS) is 12.4. The van der Waals surface area contributed by atoms with Gasteiger partial charge in [-0.05, 0) is 18.6 Å². The lowest BCUT2D eigenvalue weighted by Crippen LogP contribution is -1.98. The van der Waals surface area contributed by atoms with Crippen LogP contribution in [-0.2, 0) is 12.8 Å². The van der Waals surface area contributed by atoms with Gasteiger partial charge in [-0.1, -0.05) is 6.92 Å². The molecule has 0 aliphatic rings. The molecule has 1 unspecified atom stereocenters. The van der Waals surface area contributed by atoms with Gasteiger partial charge in [-0.15, -0.1) is 22.9 Å². The van der Waals surface area contributed by atoms with Crippen molar-refractivity contribution in [2.45, 2.75) is 25.1 Å². The largest absolute Gasteiger partial charge is 0.481 e. The molecule has 0 N–H and O–H groups in total. The summed E-state index contributed by atoms with van der Waals surface area (Å²) in [7, 11) is 1.59. The molecule has 0 bridgehead atoms. The van der Waals surface area contributed by atoms with Crippen LogP contribution in [0.5, 0.6) is 5.88 Å². The molecule has 2 heterocycles. The van der Waals surface area contributed by atoms with Gasteiger partial charge in [0.2, 0.25) is 5.88 Å². The predicted molar refractivity (Wildman–Crippen MR) is 74.6 cm³/mol. The van der Waals surface area contributed by atoms with Gasteiger partial charge < -0.3 is 4.74 Å². The first-order valence-electron chi connectivity index (χ1n) is 5.80. The Morgan fingerprint density at radius 1 is 1.39 bits per heavy atom. The number of hydrogen-bond acceptors (Lipinski definition) is 4. The van der Waals surface area contributed by atoms with Crippen molar-refractivity contribution in [3.05, 3.63) is 40.0 Å². The van der Waals surface area contributed by atoms with Crippen LogP contribution in [0.4, 0.5) is 0 Å². The van der Waals surface area contributed by atoms with Crippen LogP contribution in [0.3, 0.4) is 0 Å². The lowest BCUT2D eigenvalue weighted by Gasteiger charge is -2.07. The molecule has 3 nitrogen and oxygen atoms in total. The zero-order valence-electron chi connectivity index (χ0n) is 10.4. The van der Waals surface area contributed by atoms with Gasteiger partial charge in [0.15, 0.2) is 0 Å². The zero-order chi connectivity index (χ0) is 13.0. The maximum Gasteiger partial charge on any atom is 0.216 e. The van der Waals surface area contributed by atoms with E-state index in [0.29, 0.717) is 12.3 Å². The molecule has 0 amide bonds. The number of halogens is 1. The number of methoxy groups -OCH3 is 1. The number of thiophene rings is 1. The minimum Gasteiger partial charge on any atom is -0.481 e. The summed E-state index contributed by atoms with van der Waals surface area (Å²) in [4.78, 5) is 10.7. The van der Waals surface area contributed by atoms with E-state index < -0.39 is 0 Å². The van der Waals surface area contributed by atoms with Crippen LogP contribution in [0.15, 0.2) is 24.5 Å². The summed E-state index contributed by atoms with van der Waals surface area (Å²) in [6.07, 6.45) is 3.24. The van der Waals surface area contributed by atoms with Gasteiger partial charge in [-0.3, -0.25) is 0 Å². The van der Waals surface area contributed by atoms with Crippen molar-refractivity contribution in [1.29, 1.82) is 0 Å². The van der Waals surface area contributed by atoms with Crippen LogP contribution in [0.1, 0.15) is 27.7 Å². The van der Waals surface area contributed by atoms with Crippen molar-refractivity contribution in [2.75, 3.05) is 7.11 Å². The highest BCUT2D eigenvalue weighted by Gasteiger charge is 2.13. The Morgan fingerprint density at radius 3 is 2.89 bits per heavy atom. The highest BCUT2D eigenvalue weighted by molar-refractivity contribution is 7.12. The Balaban J connectivity index is 2.08. The van der Waals surface area contributed by atoms with Crippen LogP contribution < -0.4 is 4.74 Å². The second kappa shape index (κ2) is 6.16. The summed E-state index contributed by atoms with van der Waals surface area (Å²) in [6, 6.07) is 6.05. The van der Waals surface area contributed by atoms with Crippen LogP contribution >= 0.6 is 22.9 Å². The van der Waals surface area contributed by atoms with Gasteiger partial charge >= 0.3 is 0 Å². The molecule has 2 aromatic rings. The van der Waals surface area contributed by atoms with Crippen molar-refractivity contribution in [2.24, 2.45) is 0 Å². The van der Waals surface area contributed by atoms with E-state index in [1.807, 2.05) is 6.07 Å². The van der Waals surface area contributed by atoms with Gasteiger partial charge in [0.25, 0.3) is 0 Å². The summed E-state index contributed by atoms with van der Waals surface area (Å²) < 4.78 is 5.07. The summed E-state index contributed by atoms with van der Waals surface area (Å²) in [5.74, 6) is 0.573. The highest BCUT2D eigenvalue weighted by Crippen LogP contribution is 2.31. The Bertz CT molecular complexity index is 515. The smallest absolute Gasteiger partial charge is 0.216 e. The Kier molecular flexibility index (Phi) is 4.55. The first-order chi connectivity index (χ1) is 8.72. The first kappa shape index (κ1) is 13.3. The highest BCUT2D eigenvalue weighted by atomic mass is 35.5. The van der Waals surface area contributed by atoms with Crippen molar-refractivity contribution in [3.8, 4) is 5.88 Å². The average Bonchev–Trinajstić information content (AvgIpc) is 2.88. The fraction of sp³-hybridized carbons (Fsp3) is 0.385. The third-order valence-electron chi connectivity index (χ3n) is 2.64. The van der Waals surface area contributed by atoms with Crippen molar-refractivity contribution < 1.29 is 4.74 Å². The first-order valence-corrected chi connectivity index (χ1v) is 7.05. The van der Waals surface area contributed by atoms with Crippen molar-refractivity contribution >= 4 is 22.9 Å². The van der Waals surface area contributed by atoms with Crippen molar-refractivity contribution in [3.63, 3.8) is 0 Å². The third kappa shape index (κ3) is 3.21. The molecular formula is C13H15ClN2OS. The minimum atomic E-state index is -0.0464. The molecule has 0 saturated carbocycles. The van der Waals surface area contributed by atoms with E-state index >= 15 is 0 Å². The third-order valence-corrected chi connectivity index (χ3v) is 4.50. The molecule has 5 heteroatoms. The van der Waals surface area contributed by atoms with E-state index in [2.05, 4.69) is 29.0 Å². The number of alkyl halides is 1. The molecule has 1 atom stereocenters. The fourth-order valence-electron chi connectivity index (χ4n) is 1.64. The van der Waals surface area contributed by atoms with Gasteiger partial charge in [0.05, 0.1) is 12.5 Å². The molecule has 0 fully saturated rings. The lowest BCUT2D eigenvalue weighted by atomic mass is 10.2. The van der Waals surface area contributed by atoms with Gasteiger partial charge in [-0.2, -0.15) is 0 Å². The molecular weight excluding hydrogens is 268 g/mol. The second-order valence-corrected chi connectivity index (χ2v) is 5.61. The fourth-order valence-corrected chi connectivity index (χ4v) is 2.93. The van der Waals surface area contributed by atoms with Crippen LogP contribution in [-0.4, -0.2) is 17.1 Å². The van der Waals surface area contributed by atoms with E-state index in [9.17, 15) is 0 Å². The summed E-state index contributed by atoms with van der Waals surface area (Å²) in [5.41, 5.74) is 0.897. The lowest BCUT2D eigenvalue weighted by molar-refractivity contribution is 0.396. The molecule has 0 aromatic carbocycles. The number of rotatable bonds is 5. The van der Waals surface area contributed by atoms with E-state index in [1.54, 1.807) is 18.4 Å². The molecule has 0 radical (unpaired) electrons. The van der Waals surface area contributed by atoms with Gasteiger partial charge in [0.1, 0.15) is 6.33 Å². The number of hydrogen-bond donors (Lipinski definition) is 0. The van der Waals surface area contributed by atoms with E-state index in [0.717, 1.165) is 12.1 Å². The van der Waals surface area contributed by atoms with Crippen LogP contribution in [0.25, 0.3) is 0 Å². The van der Waals surface area contributed by atoms with E-state index in [1.165, 1.54) is 16.1 Å².